The summed E-state index contributed by atoms with van der Waals surface area (Å²) < 4.78 is 32.6. The van der Waals surface area contributed by atoms with Gasteiger partial charge in [-0.2, -0.15) is 0 Å². The van der Waals surface area contributed by atoms with Gasteiger partial charge < -0.3 is 24.6 Å². The number of rotatable bonds is 37. The summed E-state index contributed by atoms with van der Waals surface area (Å²) >= 11 is 0. The minimum absolute atomic E-state index is 0.126. The summed E-state index contributed by atoms with van der Waals surface area (Å²) in [4.78, 5) is 34.9. The van der Waals surface area contributed by atoms with E-state index in [1.165, 1.54) is 57.8 Å². The van der Waals surface area contributed by atoms with Crippen LogP contribution in [0.15, 0.2) is 60.8 Å². The van der Waals surface area contributed by atoms with Crippen LogP contribution in [0.25, 0.3) is 0 Å². The summed E-state index contributed by atoms with van der Waals surface area (Å²) in [6, 6.07) is 0. The first kappa shape index (κ1) is 50.7. The lowest BCUT2D eigenvalue weighted by Crippen LogP contribution is -2.29. The number of aliphatic hydroxyl groups is 2. The van der Waals surface area contributed by atoms with Crippen LogP contribution in [0, 0.1) is 0 Å². The molecule has 306 valence electrons. The van der Waals surface area contributed by atoms with Gasteiger partial charge in [0.2, 0.25) is 0 Å². The van der Waals surface area contributed by atoms with Crippen LogP contribution < -0.4 is 0 Å². The van der Waals surface area contributed by atoms with Crippen molar-refractivity contribution in [2.45, 2.75) is 167 Å². The van der Waals surface area contributed by atoms with E-state index >= 15 is 0 Å². The highest BCUT2D eigenvalue weighted by atomic mass is 31.2. The van der Waals surface area contributed by atoms with E-state index in [1.807, 2.05) is 0 Å². The number of phosphoric ester groups is 1. The van der Waals surface area contributed by atoms with E-state index in [0.717, 1.165) is 57.8 Å². The summed E-state index contributed by atoms with van der Waals surface area (Å²) in [6.45, 7) is 2.17. The molecular formula is C42H73O10P. The van der Waals surface area contributed by atoms with Gasteiger partial charge in [-0.1, -0.05) is 126 Å². The van der Waals surface area contributed by atoms with Crippen LogP contribution in [0.4, 0.5) is 0 Å². The van der Waals surface area contributed by atoms with Crippen molar-refractivity contribution in [3.63, 3.8) is 0 Å². The molecule has 0 amide bonds. The molecule has 0 aromatic rings. The Kier molecular flexibility index (Phi) is 36.3. The van der Waals surface area contributed by atoms with Crippen LogP contribution in [0.2, 0.25) is 0 Å². The first-order chi connectivity index (χ1) is 25.7. The molecule has 0 aromatic carbocycles. The van der Waals surface area contributed by atoms with E-state index in [0.29, 0.717) is 12.8 Å². The number of carbonyl (C=O) groups excluding carboxylic acids is 2. The van der Waals surface area contributed by atoms with Gasteiger partial charge in [-0.25, -0.2) is 4.57 Å². The minimum atomic E-state index is -4.63. The zero-order valence-electron chi connectivity index (χ0n) is 33.0. The van der Waals surface area contributed by atoms with Crippen molar-refractivity contribution >= 4 is 19.8 Å². The molecule has 0 spiro atoms. The van der Waals surface area contributed by atoms with Gasteiger partial charge in [-0.15, -0.1) is 0 Å². The average molecular weight is 769 g/mol. The fourth-order valence-electron chi connectivity index (χ4n) is 5.04. The molecule has 3 N–H and O–H groups in total. The van der Waals surface area contributed by atoms with E-state index in [4.69, 9.17) is 19.1 Å². The average Bonchev–Trinajstić information content (AvgIpc) is 3.14. The quantitative estimate of drug-likeness (QED) is 0.0241. The maximum absolute atomic E-state index is 12.6. The fourth-order valence-corrected chi connectivity index (χ4v) is 5.83. The molecule has 0 heterocycles. The Hall–Kier alpha value is -2.33. The van der Waals surface area contributed by atoms with Gasteiger partial charge in [0.25, 0.3) is 0 Å². The Bertz CT molecular complexity index is 1070. The van der Waals surface area contributed by atoms with Gasteiger partial charge in [-0.3, -0.25) is 18.6 Å². The third kappa shape index (κ3) is 37.8. The number of esters is 2. The van der Waals surface area contributed by atoms with Crippen molar-refractivity contribution in [1.29, 1.82) is 0 Å². The molecule has 1 unspecified atom stereocenters. The molecule has 0 aliphatic carbocycles. The number of aliphatic hydroxyl groups excluding tert-OH is 2. The second kappa shape index (κ2) is 38.0. The van der Waals surface area contributed by atoms with Crippen molar-refractivity contribution < 1.29 is 47.8 Å². The molecule has 3 atom stereocenters. The van der Waals surface area contributed by atoms with E-state index in [2.05, 4.69) is 79.1 Å². The molecule has 0 fully saturated rings. The lowest BCUT2D eigenvalue weighted by molar-refractivity contribution is -0.161. The molecule has 0 rings (SSSR count). The Balaban J connectivity index is 4.45. The van der Waals surface area contributed by atoms with Crippen molar-refractivity contribution in [3.05, 3.63) is 60.8 Å². The van der Waals surface area contributed by atoms with Crippen molar-refractivity contribution in [1.82, 2.24) is 0 Å². The monoisotopic (exact) mass is 768 g/mol. The SMILES string of the molecule is CC/C=C/C/C=C/C/C=C/C/C=C/CCCCC(=O)O[C@H](COC(=O)CCCC/C=C/CCCCCCCCCCC)COP(=O)(O)OC[C@@H](O)CO. The first-order valence-corrected chi connectivity index (χ1v) is 21.7. The molecule has 0 aliphatic heterocycles. The fraction of sp³-hybridized carbons (Fsp3) is 0.714. The van der Waals surface area contributed by atoms with Crippen LogP contribution in [-0.4, -0.2) is 65.7 Å². The lowest BCUT2D eigenvalue weighted by atomic mass is 10.1. The van der Waals surface area contributed by atoms with Gasteiger partial charge in [0.15, 0.2) is 6.10 Å². The third-order valence-electron chi connectivity index (χ3n) is 8.16. The number of ether oxygens (including phenoxy) is 2. The van der Waals surface area contributed by atoms with Crippen LogP contribution in [0.3, 0.4) is 0 Å². The Labute approximate surface area is 321 Å². The van der Waals surface area contributed by atoms with Crippen molar-refractivity contribution in [2.75, 3.05) is 26.4 Å². The molecule has 11 heteroatoms. The summed E-state index contributed by atoms with van der Waals surface area (Å²) in [7, 11) is -4.63. The van der Waals surface area contributed by atoms with Crippen LogP contribution in [0.5, 0.6) is 0 Å². The zero-order valence-corrected chi connectivity index (χ0v) is 33.9. The molecule has 0 aromatic heterocycles. The van der Waals surface area contributed by atoms with E-state index in [1.54, 1.807) is 0 Å². The maximum atomic E-state index is 12.6. The van der Waals surface area contributed by atoms with Gasteiger partial charge in [0, 0.05) is 12.8 Å². The van der Waals surface area contributed by atoms with Crippen LogP contribution >= 0.6 is 7.82 Å². The lowest BCUT2D eigenvalue weighted by Gasteiger charge is -2.20. The number of phosphoric acid groups is 1. The number of allylic oxidation sites excluding steroid dienone is 10. The van der Waals surface area contributed by atoms with Gasteiger partial charge in [0.05, 0.1) is 19.8 Å². The summed E-state index contributed by atoms with van der Waals surface area (Å²) in [6.07, 6.45) is 40.5. The first-order valence-electron chi connectivity index (χ1n) is 20.2. The normalized spacial score (nSPS) is 14.6. The van der Waals surface area contributed by atoms with Crippen molar-refractivity contribution in [3.8, 4) is 0 Å². The highest BCUT2D eigenvalue weighted by molar-refractivity contribution is 7.47. The molecular weight excluding hydrogens is 695 g/mol. The minimum Gasteiger partial charge on any atom is -0.462 e. The Morgan fingerprint density at radius 2 is 1.04 bits per heavy atom. The molecule has 0 aliphatic rings. The predicted molar refractivity (Wildman–Crippen MR) is 214 cm³/mol. The number of carbonyl (C=O) groups is 2. The Morgan fingerprint density at radius 3 is 1.58 bits per heavy atom. The van der Waals surface area contributed by atoms with Crippen LogP contribution in [-0.2, 0) is 32.7 Å². The van der Waals surface area contributed by atoms with Gasteiger partial charge in [0.1, 0.15) is 12.7 Å². The second-order valence-corrected chi connectivity index (χ2v) is 14.7. The van der Waals surface area contributed by atoms with Crippen molar-refractivity contribution in [2.24, 2.45) is 0 Å². The smallest absolute Gasteiger partial charge is 0.462 e. The largest absolute Gasteiger partial charge is 0.472 e. The molecule has 0 saturated heterocycles. The number of unbranched alkanes of at least 4 members (excludes halogenated alkanes) is 13. The summed E-state index contributed by atoms with van der Waals surface area (Å²) in [5.41, 5.74) is 0. The predicted octanol–water partition coefficient (Wildman–Crippen LogP) is 10.3. The topological polar surface area (TPSA) is 149 Å². The van der Waals surface area contributed by atoms with Gasteiger partial charge in [-0.05, 0) is 77.0 Å². The summed E-state index contributed by atoms with van der Waals surface area (Å²) in [5, 5.41) is 18.3. The molecule has 0 bridgehead atoms. The zero-order chi connectivity index (χ0) is 39.1. The standard InChI is InChI=1S/C42H73O10P/c1-3-5-7-9-11-13-15-17-19-21-23-25-27-29-31-33-41(45)49-37-40(38-51-53(47,48)50-36-39(44)35-43)52-42(46)34-32-30-28-26-24-22-20-18-16-14-12-10-8-6-4-2/h6,8,12,14,18,20,23-26,39-40,43-44H,3-5,7,9-11,13,15-17,19,21-22,27-38H2,1-2H3,(H,47,48)/b8-6+,14-12+,20-18+,25-23+,26-24+/t39-,40+/m0/s1. The van der Waals surface area contributed by atoms with E-state index < -0.39 is 51.8 Å². The highest BCUT2D eigenvalue weighted by Crippen LogP contribution is 2.43. The maximum Gasteiger partial charge on any atom is 0.472 e. The van der Waals surface area contributed by atoms with Gasteiger partial charge >= 0.3 is 19.8 Å². The second-order valence-electron chi connectivity index (χ2n) is 13.3. The Morgan fingerprint density at radius 1 is 0.585 bits per heavy atom. The van der Waals surface area contributed by atoms with Crippen LogP contribution in [0.1, 0.15) is 155 Å². The number of hydrogen-bond donors (Lipinski definition) is 3. The third-order valence-corrected chi connectivity index (χ3v) is 9.11. The van der Waals surface area contributed by atoms with E-state index in [-0.39, 0.29) is 19.4 Å². The molecule has 10 nitrogen and oxygen atoms in total. The highest BCUT2D eigenvalue weighted by Gasteiger charge is 2.27. The molecule has 0 radical (unpaired) electrons. The molecule has 53 heavy (non-hydrogen) atoms. The molecule has 0 saturated carbocycles. The summed E-state index contributed by atoms with van der Waals surface area (Å²) in [5.74, 6) is -1.00. The number of hydrogen-bond acceptors (Lipinski definition) is 9. The van der Waals surface area contributed by atoms with E-state index in [9.17, 15) is 24.2 Å².